The summed E-state index contributed by atoms with van der Waals surface area (Å²) in [6.07, 6.45) is 0. The molecule has 0 aliphatic carbocycles. The van der Waals surface area contributed by atoms with Gasteiger partial charge < -0.3 is 5.11 Å². The van der Waals surface area contributed by atoms with Crippen molar-refractivity contribution in [3.8, 4) is 0 Å². The Balaban J connectivity index is 3.30. The second kappa shape index (κ2) is 6.41. The molecule has 0 bridgehead atoms. The van der Waals surface area contributed by atoms with Crippen molar-refractivity contribution >= 4 is 33.2 Å². The summed E-state index contributed by atoms with van der Waals surface area (Å²) in [4.78, 5) is -0.0363. The lowest BCUT2D eigenvalue weighted by atomic mass is 10.2. The Labute approximate surface area is 124 Å². The molecule has 0 radical (unpaired) electrons. The summed E-state index contributed by atoms with van der Waals surface area (Å²) in [6, 6.07) is 2.78. The predicted molar refractivity (Wildman–Crippen MR) is 77.0 cm³/mol. The summed E-state index contributed by atoms with van der Waals surface area (Å²) >= 11 is 11.9. The molecular formula is C12H17Cl2NO3S. The van der Waals surface area contributed by atoms with Crippen LogP contribution in [0.1, 0.15) is 19.4 Å². The fourth-order valence-corrected chi connectivity index (χ4v) is 3.90. The minimum Gasteiger partial charge on any atom is -0.392 e. The van der Waals surface area contributed by atoms with E-state index in [-0.39, 0.29) is 26.4 Å². The molecular weight excluding hydrogens is 309 g/mol. The molecule has 1 N–H and O–H groups in total. The van der Waals surface area contributed by atoms with Gasteiger partial charge in [0.05, 0.1) is 11.6 Å². The van der Waals surface area contributed by atoms with Gasteiger partial charge in [-0.1, -0.05) is 37.0 Å². The number of aliphatic hydroxyl groups excluding tert-OH is 1. The molecule has 0 saturated heterocycles. The molecule has 0 amide bonds. The first-order chi connectivity index (χ1) is 8.71. The van der Waals surface area contributed by atoms with E-state index in [1.807, 2.05) is 13.8 Å². The van der Waals surface area contributed by atoms with Crippen LogP contribution in [0.2, 0.25) is 10.0 Å². The third-order valence-electron chi connectivity index (χ3n) is 2.62. The number of nitrogens with zero attached hydrogens (tertiary/aromatic N) is 1. The highest BCUT2D eigenvalue weighted by molar-refractivity contribution is 7.89. The van der Waals surface area contributed by atoms with Gasteiger partial charge in [-0.15, -0.1) is 0 Å². The first kappa shape index (κ1) is 16.7. The number of aliphatic hydroxyl groups is 1. The van der Waals surface area contributed by atoms with Crippen LogP contribution in [-0.4, -0.2) is 31.4 Å². The second-order valence-corrected chi connectivity index (χ2v) is 7.47. The fourth-order valence-electron chi connectivity index (χ4n) is 1.70. The summed E-state index contributed by atoms with van der Waals surface area (Å²) in [5.74, 6) is 0.197. The van der Waals surface area contributed by atoms with Gasteiger partial charge in [-0.25, -0.2) is 12.7 Å². The molecule has 1 rings (SSSR count). The van der Waals surface area contributed by atoms with Crippen molar-refractivity contribution < 1.29 is 13.5 Å². The lowest BCUT2D eigenvalue weighted by Gasteiger charge is -2.20. The highest BCUT2D eigenvalue weighted by Crippen LogP contribution is 2.32. The third-order valence-corrected chi connectivity index (χ3v) is 5.38. The SMILES string of the molecule is CC(C)CN(C)S(=O)(=O)c1ccc(Cl)c(CO)c1Cl. The van der Waals surface area contributed by atoms with E-state index in [0.717, 1.165) is 0 Å². The van der Waals surface area contributed by atoms with Gasteiger partial charge in [-0.3, -0.25) is 0 Å². The average molecular weight is 326 g/mol. The molecule has 1 aromatic carbocycles. The summed E-state index contributed by atoms with van der Waals surface area (Å²) in [5, 5.41) is 9.42. The van der Waals surface area contributed by atoms with Crippen molar-refractivity contribution in [2.45, 2.75) is 25.3 Å². The monoisotopic (exact) mass is 325 g/mol. The van der Waals surface area contributed by atoms with E-state index in [0.29, 0.717) is 6.54 Å². The fraction of sp³-hybridized carbons (Fsp3) is 0.500. The molecule has 0 spiro atoms. The Bertz CT molecular complexity index is 558. The average Bonchev–Trinajstić information content (AvgIpc) is 2.28. The second-order valence-electron chi connectivity index (χ2n) is 4.68. The maximum absolute atomic E-state index is 12.4. The largest absolute Gasteiger partial charge is 0.392 e. The van der Waals surface area contributed by atoms with Gasteiger partial charge >= 0.3 is 0 Å². The van der Waals surface area contributed by atoms with Crippen molar-refractivity contribution in [2.75, 3.05) is 13.6 Å². The zero-order valence-electron chi connectivity index (χ0n) is 11.0. The summed E-state index contributed by atoms with van der Waals surface area (Å²) in [5.41, 5.74) is 0.224. The summed E-state index contributed by atoms with van der Waals surface area (Å²) in [7, 11) is -2.18. The molecule has 0 aromatic heterocycles. The number of rotatable bonds is 5. The Morgan fingerprint density at radius 1 is 1.32 bits per heavy atom. The van der Waals surface area contributed by atoms with Gasteiger partial charge in [-0.05, 0) is 18.1 Å². The Morgan fingerprint density at radius 3 is 2.37 bits per heavy atom. The van der Waals surface area contributed by atoms with Crippen LogP contribution in [0.3, 0.4) is 0 Å². The maximum Gasteiger partial charge on any atom is 0.244 e. The van der Waals surface area contributed by atoms with E-state index in [2.05, 4.69) is 0 Å². The van der Waals surface area contributed by atoms with Crippen molar-refractivity contribution in [3.05, 3.63) is 27.7 Å². The van der Waals surface area contributed by atoms with Crippen molar-refractivity contribution in [1.82, 2.24) is 4.31 Å². The quantitative estimate of drug-likeness (QED) is 0.905. The van der Waals surface area contributed by atoms with Gasteiger partial charge in [-0.2, -0.15) is 0 Å². The zero-order valence-corrected chi connectivity index (χ0v) is 13.3. The normalized spacial score (nSPS) is 12.4. The molecule has 0 aliphatic rings. The van der Waals surface area contributed by atoms with Crippen molar-refractivity contribution in [3.63, 3.8) is 0 Å². The van der Waals surface area contributed by atoms with Crippen LogP contribution >= 0.6 is 23.2 Å². The first-order valence-corrected chi connectivity index (χ1v) is 7.95. The molecule has 1 aromatic rings. The van der Waals surface area contributed by atoms with Crippen LogP contribution in [0, 0.1) is 5.92 Å². The van der Waals surface area contributed by atoms with E-state index in [9.17, 15) is 13.5 Å². The standard InChI is InChI=1S/C12H17Cl2NO3S/c1-8(2)6-15(3)19(17,18)11-5-4-10(13)9(7-16)12(11)14/h4-5,8,16H,6-7H2,1-3H3. The van der Waals surface area contributed by atoms with E-state index in [4.69, 9.17) is 23.2 Å². The third kappa shape index (κ3) is 3.61. The van der Waals surface area contributed by atoms with E-state index in [1.54, 1.807) is 0 Å². The molecule has 0 atom stereocenters. The van der Waals surface area contributed by atoms with E-state index in [1.165, 1.54) is 23.5 Å². The molecule has 7 heteroatoms. The van der Waals surface area contributed by atoms with Crippen LogP contribution in [0.5, 0.6) is 0 Å². The molecule has 19 heavy (non-hydrogen) atoms. The van der Waals surface area contributed by atoms with Gasteiger partial charge in [0.2, 0.25) is 10.0 Å². The molecule has 108 valence electrons. The molecule has 0 unspecified atom stereocenters. The van der Waals surface area contributed by atoms with Crippen molar-refractivity contribution in [1.29, 1.82) is 0 Å². The van der Waals surface area contributed by atoms with Crippen LogP contribution in [0.25, 0.3) is 0 Å². The number of sulfonamides is 1. The van der Waals surface area contributed by atoms with Gasteiger partial charge in [0, 0.05) is 24.2 Å². The Morgan fingerprint density at radius 2 is 1.89 bits per heavy atom. The number of halogens is 2. The molecule has 0 saturated carbocycles. The van der Waals surface area contributed by atoms with Crippen LogP contribution in [0.4, 0.5) is 0 Å². The maximum atomic E-state index is 12.4. The Hall–Kier alpha value is -0.330. The number of hydrogen-bond donors (Lipinski definition) is 1. The zero-order chi connectivity index (χ0) is 14.8. The lowest BCUT2D eigenvalue weighted by molar-refractivity contribution is 0.281. The van der Waals surface area contributed by atoms with Crippen LogP contribution in [0.15, 0.2) is 17.0 Å². The summed E-state index contributed by atoms with van der Waals surface area (Å²) in [6.45, 7) is 3.83. The molecule has 4 nitrogen and oxygen atoms in total. The molecule has 0 heterocycles. The van der Waals surface area contributed by atoms with Crippen LogP contribution < -0.4 is 0 Å². The predicted octanol–water partition coefficient (Wildman–Crippen LogP) is 2.76. The minimum atomic E-state index is -3.68. The van der Waals surface area contributed by atoms with Gasteiger partial charge in [0.25, 0.3) is 0 Å². The number of hydrogen-bond acceptors (Lipinski definition) is 3. The van der Waals surface area contributed by atoms with Gasteiger partial charge in [0.1, 0.15) is 4.90 Å². The highest BCUT2D eigenvalue weighted by atomic mass is 35.5. The summed E-state index contributed by atoms with van der Waals surface area (Å²) < 4.78 is 26.0. The van der Waals surface area contributed by atoms with Crippen LogP contribution in [-0.2, 0) is 16.6 Å². The van der Waals surface area contributed by atoms with E-state index >= 15 is 0 Å². The van der Waals surface area contributed by atoms with Gasteiger partial charge in [0.15, 0.2) is 0 Å². The highest BCUT2D eigenvalue weighted by Gasteiger charge is 2.26. The number of benzene rings is 1. The van der Waals surface area contributed by atoms with Crippen molar-refractivity contribution in [2.24, 2.45) is 5.92 Å². The molecule has 0 aliphatic heterocycles. The molecule has 0 fully saturated rings. The first-order valence-electron chi connectivity index (χ1n) is 5.75. The van der Waals surface area contributed by atoms with E-state index < -0.39 is 16.6 Å². The smallest absolute Gasteiger partial charge is 0.244 e. The topological polar surface area (TPSA) is 57.6 Å². The lowest BCUT2D eigenvalue weighted by Crippen LogP contribution is -2.30. The Kier molecular flexibility index (Phi) is 5.65. The minimum absolute atomic E-state index is 0.0226.